The predicted octanol–water partition coefficient (Wildman–Crippen LogP) is 2.44. The summed E-state index contributed by atoms with van der Waals surface area (Å²) in [5, 5.41) is 4.31. The van der Waals surface area contributed by atoms with Gasteiger partial charge in [-0.1, -0.05) is 0 Å². The van der Waals surface area contributed by atoms with Crippen molar-refractivity contribution in [2.75, 3.05) is 0 Å². The van der Waals surface area contributed by atoms with E-state index in [-0.39, 0.29) is 11.6 Å². The van der Waals surface area contributed by atoms with Crippen LogP contribution in [0, 0.1) is 0 Å². The molecule has 0 saturated heterocycles. The molecule has 2 bridgehead atoms. The first kappa shape index (κ1) is 10.4. The minimum absolute atomic E-state index is 0.0429. The van der Waals surface area contributed by atoms with E-state index >= 15 is 0 Å². The number of fused-ring (bicyclic) bond motifs is 7. The topological polar surface area (TPSA) is 39.3 Å². The molecule has 0 aliphatic heterocycles. The van der Waals surface area contributed by atoms with Crippen molar-refractivity contribution in [2.45, 2.75) is 51.0 Å². The number of hydrogen-bond donors (Lipinski definition) is 0. The van der Waals surface area contributed by atoms with Crippen molar-refractivity contribution in [3.05, 3.63) is 34.0 Å². The Labute approximate surface area is 105 Å². The van der Waals surface area contributed by atoms with E-state index in [1.807, 2.05) is 24.6 Å². The Kier molecular flexibility index (Phi) is 1.87. The quantitative estimate of drug-likeness (QED) is 0.771. The third-order valence-electron chi connectivity index (χ3n) is 4.57. The van der Waals surface area contributed by atoms with E-state index in [1.54, 1.807) is 4.68 Å². The molecule has 2 heterocycles. The summed E-state index contributed by atoms with van der Waals surface area (Å²) in [7, 11) is 0. The zero-order valence-electron chi connectivity index (χ0n) is 10.8. The summed E-state index contributed by atoms with van der Waals surface area (Å²) in [5.41, 5.74) is 3.62. The van der Waals surface area contributed by atoms with Gasteiger partial charge in [-0.3, -0.25) is 9.20 Å². The Morgan fingerprint density at radius 2 is 2.11 bits per heavy atom. The Hall–Kier alpha value is -1.58. The molecule has 4 rings (SSSR count). The van der Waals surface area contributed by atoms with Crippen LogP contribution < -0.4 is 5.56 Å². The molecular weight excluding hydrogens is 226 g/mol. The molecule has 0 spiro atoms. The monoisotopic (exact) mass is 243 g/mol. The fourth-order valence-corrected chi connectivity index (χ4v) is 3.77. The summed E-state index contributed by atoms with van der Waals surface area (Å²) in [6.07, 6.45) is 5.68. The molecule has 4 heteroatoms. The molecule has 2 aliphatic carbocycles. The molecule has 2 aromatic rings. The highest BCUT2D eigenvalue weighted by Crippen LogP contribution is 2.53. The van der Waals surface area contributed by atoms with Crippen LogP contribution in [0.15, 0.2) is 17.2 Å². The van der Waals surface area contributed by atoms with Gasteiger partial charge in [-0.2, -0.15) is 5.10 Å². The standard InChI is InChI=1S/C14H17N3O/c1-8(2)17-14(18)12-6-11-9-3-4-10(5-9)13(11)16(12)7-15-17/h6-10H,3-5H2,1-2H3. The molecule has 2 atom stereocenters. The fraction of sp³-hybridized carbons (Fsp3) is 0.571. The van der Waals surface area contributed by atoms with E-state index in [0.717, 1.165) is 5.52 Å². The maximum Gasteiger partial charge on any atom is 0.291 e. The Morgan fingerprint density at radius 3 is 2.89 bits per heavy atom. The Bertz CT molecular complexity index is 695. The minimum atomic E-state index is 0.0429. The molecule has 0 amide bonds. The smallest absolute Gasteiger partial charge is 0.291 e. The van der Waals surface area contributed by atoms with Crippen molar-refractivity contribution in [3.8, 4) is 0 Å². The second kappa shape index (κ2) is 3.25. The van der Waals surface area contributed by atoms with Crippen LogP contribution >= 0.6 is 0 Å². The normalized spacial score (nSPS) is 25.3. The second-order valence-corrected chi connectivity index (χ2v) is 5.92. The Balaban J connectivity index is 2.05. The SMILES string of the molecule is CC(C)n1ncn2c3c(cc2c1=O)C1CCC3C1. The van der Waals surface area contributed by atoms with Crippen LogP contribution in [0.2, 0.25) is 0 Å². The van der Waals surface area contributed by atoms with E-state index in [9.17, 15) is 4.79 Å². The summed E-state index contributed by atoms with van der Waals surface area (Å²) in [6.45, 7) is 3.98. The van der Waals surface area contributed by atoms with Gasteiger partial charge in [0.2, 0.25) is 0 Å². The largest absolute Gasteiger partial charge is 0.298 e. The van der Waals surface area contributed by atoms with Crippen LogP contribution in [0.1, 0.15) is 62.2 Å². The molecule has 0 N–H and O–H groups in total. The Morgan fingerprint density at radius 1 is 1.33 bits per heavy atom. The zero-order valence-corrected chi connectivity index (χ0v) is 10.8. The molecule has 1 saturated carbocycles. The number of nitrogens with zero attached hydrogens (tertiary/aromatic N) is 3. The average Bonchev–Trinajstić information content (AvgIpc) is 2.99. The van der Waals surface area contributed by atoms with E-state index in [0.29, 0.717) is 11.8 Å². The van der Waals surface area contributed by atoms with Gasteiger partial charge >= 0.3 is 0 Å². The highest BCUT2D eigenvalue weighted by molar-refractivity contribution is 5.56. The first-order valence-corrected chi connectivity index (χ1v) is 6.79. The lowest BCUT2D eigenvalue weighted by Gasteiger charge is -2.12. The van der Waals surface area contributed by atoms with E-state index < -0.39 is 0 Å². The van der Waals surface area contributed by atoms with Gasteiger partial charge in [0.15, 0.2) is 0 Å². The van der Waals surface area contributed by atoms with Gasteiger partial charge in [0, 0.05) is 11.6 Å². The lowest BCUT2D eigenvalue weighted by atomic mass is 9.98. The lowest BCUT2D eigenvalue weighted by Crippen LogP contribution is -2.26. The van der Waals surface area contributed by atoms with Crippen molar-refractivity contribution < 1.29 is 0 Å². The minimum Gasteiger partial charge on any atom is -0.298 e. The van der Waals surface area contributed by atoms with Crippen molar-refractivity contribution in [3.63, 3.8) is 0 Å². The van der Waals surface area contributed by atoms with Gasteiger partial charge in [-0.05, 0) is 50.7 Å². The third kappa shape index (κ3) is 1.11. The highest BCUT2D eigenvalue weighted by Gasteiger charge is 2.39. The van der Waals surface area contributed by atoms with Crippen LogP contribution in [-0.2, 0) is 0 Å². The summed E-state index contributed by atoms with van der Waals surface area (Å²) in [4.78, 5) is 12.4. The van der Waals surface area contributed by atoms with Crippen molar-refractivity contribution in [2.24, 2.45) is 0 Å². The van der Waals surface area contributed by atoms with E-state index in [1.165, 1.54) is 30.5 Å². The van der Waals surface area contributed by atoms with Gasteiger partial charge in [-0.15, -0.1) is 0 Å². The summed E-state index contributed by atoms with van der Waals surface area (Å²) < 4.78 is 3.62. The first-order valence-electron chi connectivity index (χ1n) is 6.79. The van der Waals surface area contributed by atoms with Gasteiger partial charge < -0.3 is 0 Å². The molecule has 18 heavy (non-hydrogen) atoms. The maximum atomic E-state index is 12.4. The molecule has 2 aliphatic rings. The second-order valence-electron chi connectivity index (χ2n) is 5.92. The van der Waals surface area contributed by atoms with Gasteiger partial charge in [0.05, 0.1) is 6.04 Å². The van der Waals surface area contributed by atoms with E-state index in [2.05, 4.69) is 11.2 Å². The zero-order chi connectivity index (χ0) is 12.4. The van der Waals surface area contributed by atoms with Crippen LogP contribution in [0.4, 0.5) is 0 Å². The van der Waals surface area contributed by atoms with Crippen molar-refractivity contribution in [1.82, 2.24) is 14.2 Å². The molecule has 94 valence electrons. The predicted molar refractivity (Wildman–Crippen MR) is 69.2 cm³/mol. The number of rotatable bonds is 1. The van der Waals surface area contributed by atoms with Crippen LogP contribution in [0.5, 0.6) is 0 Å². The number of aromatic nitrogens is 3. The lowest BCUT2D eigenvalue weighted by molar-refractivity contribution is 0.496. The molecule has 2 unspecified atom stereocenters. The molecule has 2 aromatic heterocycles. The molecule has 4 nitrogen and oxygen atoms in total. The third-order valence-corrected chi connectivity index (χ3v) is 4.57. The first-order chi connectivity index (χ1) is 8.66. The van der Waals surface area contributed by atoms with Gasteiger partial charge in [0.25, 0.3) is 5.56 Å². The van der Waals surface area contributed by atoms with Crippen LogP contribution in [0.25, 0.3) is 5.52 Å². The summed E-state index contributed by atoms with van der Waals surface area (Å²) in [5.74, 6) is 1.35. The van der Waals surface area contributed by atoms with Gasteiger partial charge in [0.1, 0.15) is 11.8 Å². The van der Waals surface area contributed by atoms with Crippen LogP contribution in [-0.4, -0.2) is 14.2 Å². The summed E-state index contributed by atoms with van der Waals surface area (Å²) in [6, 6.07) is 2.23. The maximum absolute atomic E-state index is 12.4. The molecular formula is C14H17N3O. The highest BCUT2D eigenvalue weighted by atomic mass is 16.1. The molecule has 1 fully saturated rings. The summed E-state index contributed by atoms with van der Waals surface area (Å²) >= 11 is 0. The molecule has 0 radical (unpaired) electrons. The molecule has 0 aromatic carbocycles. The average molecular weight is 243 g/mol. The fourth-order valence-electron chi connectivity index (χ4n) is 3.77. The van der Waals surface area contributed by atoms with Crippen molar-refractivity contribution >= 4 is 5.52 Å². The van der Waals surface area contributed by atoms with Crippen molar-refractivity contribution in [1.29, 1.82) is 0 Å². The number of hydrogen-bond acceptors (Lipinski definition) is 2. The van der Waals surface area contributed by atoms with E-state index in [4.69, 9.17) is 0 Å². The van der Waals surface area contributed by atoms with Crippen LogP contribution in [0.3, 0.4) is 0 Å². The van der Waals surface area contributed by atoms with Gasteiger partial charge in [-0.25, -0.2) is 4.68 Å².